The Kier molecular flexibility index (Phi) is 4.85. The molecule has 4 heteroatoms. The predicted octanol–water partition coefficient (Wildman–Crippen LogP) is 9.49. The third-order valence-corrected chi connectivity index (χ3v) is 7.79. The normalized spacial score (nSPS) is 11.5. The first-order valence-electron chi connectivity index (χ1n) is 13.3. The fraction of sp³-hybridized carbons (Fsp3) is 0. The van der Waals surface area contributed by atoms with Gasteiger partial charge in [0.1, 0.15) is 0 Å². The number of benzene rings is 5. The average Bonchev–Trinajstić information content (AvgIpc) is 3.54. The summed E-state index contributed by atoms with van der Waals surface area (Å²) in [6.45, 7) is 7.32. The predicted molar refractivity (Wildman–Crippen MR) is 165 cm³/mol. The highest BCUT2D eigenvalue weighted by atomic mass is 15.0. The quantitative estimate of drug-likeness (QED) is 0.217. The Morgan fingerprint density at radius 2 is 1.02 bits per heavy atom. The van der Waals surface area contributed by atoms with Crippen molar-refractivity contribution in [2.24, 2.45) is 0 Å². The van der Waals surface area contributed by atoms with Gasteiger partial charge in [0.15, 0.2) is 5.69 Å². The summed E-state index contributed by atoms with van der Waals surface area (Å²) in [6.07, 6.45) is 1.69. The summed E-state index contributed by atoms with van der Waals surface area (Å²) in [5.74, 6) is 0. The molecule has 0 N–H and O–H groups in total. The fourth-order valence-corrected chi connectivity index (χ4v) is 6.01. The Bertz CT molecular complexity index is 2220. The van der Waals surface area contributed by atoms with Gasteiger partial charge in [0.05, 0.1) is 34.3 Å². The number of hydrogen-bond acceptors (Lipinski definition) is 1. The molecule has 0 aliphatic rings. The van der Waals surface area contributed by atoms with E-state index in [-0.39, 0.29) is 0 Å². The molecule has 0 aliphatic heterocycles. The molecule has 186 valence electrons. The number of pyridine rings is 1. The Balaban J connectivity index is 1.33. The number of fused-ring (bicyclic) bond motifs is 6. The molecule has 3 aromatic heterocycles. The molecule has 0 spiro atoms. The second-order valence-corrected chi connectivity index (χ2v) is 9.98. The van der Waals surface area contributed by atoms with Gasteiger partial charge in [0, 0.05) is 39.1 Å². The lowest BCUT2D eigenvalue weighted by molar-refractivity contribution is 1.16. The Morgan fingerprint density at radius 3 is 1.65 bits per heavy atom. The largest absolute Gasteiger partial charge is 0.309 e. The summed E-state index contributed by atoms with van der Waals surface area (Å²) >= 11 is 0. The monoisotopic (exact) mass is 510 g/mol. The standard InChI is InChI=1S/C36H22N4/c1-37-25-20-21-38-32(22-25)24-14-16-26(17-15-24)39-35-13-7-4-10-30(35)31-23-27(18-19-36(31)39)40-33-11-5-2-8-28(33)29-9-3-6-12-34(29)40/h2-23H. The van der Waals surface area contributed by atoms with E-state index in [1.807, 2.05) is 6.07 Å². The van der Waals surface area contributed by atoms with Gasteiger partial charge in [-0.25, -0.2) is 4.85 Å². The van der Waals surface area contributed by atoms with Gasteiger partial charge in [-0.1, -0.05) is 66.7 Å². The van der Waals surface area contributed by atoms with Gasteiger partial charge in [-0.15, -0.1) is 0 Å². The Morgan fingerprint density at radius 1 is 0.500 bits per heavy atom. The average molecular weight is 511 g/mol. The molecular formula is C36H22N4. The third-order valence-electron chi connectivity index (χ3n) is 7.79. The molecule has 0 unspecified atom stereocenters. The van der Waals surface area contributed by atoms with E-state index in [2.05, 4.69) is 134 Å². The summed E-state index contributed by atoms with van der Waals surface area (Å²) in [7, 11) is 0. The second kappa shape index (κ2) is 8.69. The van der Waals surface area contributed by atoms with Gasteiger partial charge in [-0.2, -0.15) is 0 Å². The molecule has 4 nitrogen and oxygen atoms in total. The molecule has 8 aromatic rings. The molecular weight excluding hydrogens is 488 g/mol. The van der Waals surface area contributed by atoms with Crippen LogP contribution in [0.25, 0.3) is 71.1 Å². The van der Waals surface area contributed by atoms with Crippen LogP contribution in [-0.4, -0.2) is 14.1 Å². The number of nitrogens with zero attached hydrogens (tertiary/aromatic N) is 4. The molecule has 40 heavy (non-hydrogen) atoms. The zero-order valence-electron chi connectivity index (χ0n) is 21.5. The molecule has 5 aromatic carbocycles. The van der Waals surface area contributed by atoms with Gasteiger partial charge in [0.25, 0.3) is 0 Å². The topological polar surface area (TPSA) is 27.1 Å². The Hall–Kier alpha value is -5.66. The van der Waals surface area contributed by atoms with Gasteiger partial charge < -0.3 is 9.13 Å². The number of aromatic nitrogens is 3. The van der Waals surface area contributed by atoms with Crippen LogP contribution in [-0.2, 0) is 0 Å². The van der Waals surface area contributed by atoms with Crippen LogP contribution in [0.5, 0.6) is 0 Å². The highest BCUT2D eigenvalue weighted by Gasteiger charge is 2.16. The van der Waals surface area contributed by atoms with Crippen molar-refractivity contribution in [3.05, 3.63) is 145 Å². The van der Waals surface area contributed by atoms with E-state index in [0.29, 0.717) is 5.69 Å². The maximum absolute atomic E-state index is 7.32. The van der Waals surface area contributed by atoms with Crippen molar-refractivity contribution in [1.82, 2.24) is 14.1 Å². The summed E-state index contributed by atoms with van der Waals surface area (Å²) in [5.41, 5.74) is 9.35. The first kappa shape index (κ1) is 22.3. The lowest BCUT2D eigenvalue weighted by atomic mass is 10.1. The van der Waals surface area contributed by atoms with Gasteiger partial charge in [-0.3, -0.25) is 4.98 Å². The van der Waals surface area contributed by atoms with Gasteiger partial charge in [-0.05, 0) is 66.2 Å². The summed E-state index contributed by atoms with van der Waals surface area (Å²) in [6, 6.07) is 44.6. The number of hydrogen-bond donors (Lipinski definition) is 0. The fourth-order valence-electron chi connectivity index (χ4n) is 6.01. The first-order chi connectivity index (χ1) is 19.8. The van der Waals surface area contributed by atoms with E-state index in [0.717, 1.165) is 33.7 Å². The molecule has 8 rings (SSSR count). The molecule has 3 heterocycles. The zero-order chi connectivity index (χ0) is 26.6. The smallest absolute Gasteiger partial charge is 0.190 e. The van der Waals surface area contributed by atoms with E-state index in [9.17, 15) is 0 Å². The van der Waals surface area contributed by atoms with Crippen LogP contribution in [0, 0.1) is 6.57 Å². The van der Waals surface area contributed by atoms with Crippen molar-refractivity contribution in [3.8, 4) is 22.6 Å². The molecule has 0 aliphatic carbocycles. The molecule has 0 radical (unpaired) electrons. The summed E-state index contributed by atoms with van der Waals surface area (Å²) < 4.78 is 4.70. The summed E-state index contributed by atoms with van der Waals surface area (Å²) in [4.78, 5) is 8.02. The van der Waals surface area contributed by atoms with Crippen LogP contribution < -0.4 is 0 Å². The van der Waals surface area contributed by atoms with E-state index in [1.165, 1.54) is 32.6 Å². The molecule has 0 saturated carbocycles. The van der Waals surface area contributed by atoms with Crippen LogP contribution in [0.15, 0.2) is 134 Å². The highest BCUT2D eigenvalue weighted by molar-refractivity contribution is 6.12. The zero-order valence-corrected chi connectivity index (χ0v) is 21.5. The van der Waals surface area contributed by atoms with Crippen molar-refractivity contribution in [3.63, 3.8) is 0 Å². The van der Waals surface area contributed by atoms with Crippen LogP contribution in [0.4, 0.5) is 5.69 Å². The van der Waals surface area contributed by atoms with E-state index in [4.69, 9.17) is 6.57 Å². The minimum atomic E-state index is 0.593. The first-order valence-corrected chi connectivity index (χ1v) is 13.3. The van der Waals surface area contributed by atoms with Crippen LogP contribution >= 0.6 is 0 Å². The van der Waals surface area contributed by atoms with Gasteiger partial charge in [0.2, 0.25) is 0 Å². The maximum Gasteiger partial charge on any atom is 0.190 e. The third kappa shape index (κ3) is 3.28. The lowest BCUT2D eigenvalue weighted by Gasteiger charge is -2.11. The molecule has 0 amide bonds. The SMILES string of the molecule is [C-]#[N+]c1ccnc(-c2ccc(-n3c4ccccc4c4cc(-n5c6ccccc6c6ccccc65)ccc43)cc2)c1. The molecule has 0 fully saturated rings. The summed E-state index contributed by atoms with van der Waals surface area (Å²) in [5, 5.41) is 4.95. The van der Waals surface area contributed by atoms with Crippen LogP contribution in [0.3, 0.4) is 0 Å². The van der Waals surface area contributed by atoms with Crippen molar-refractivity contribution in [1.29, 1.82) is 0 Å². The maximum atomic E-state index is 7.32. The molecule has 0 saturated heterocycles. The van der Waals surface area contributed by atoms with E-state index in [1.54, 1.807) is 12.3 Å². The molecule has 0 bridgehead atoms. The van der Waals surface area contributed by atoms with E-state index < -0.39 is 0 Å². The minimum absolute atomic E-state index is 0.593. The van der Waals surface area contributed by atoms with Crippen molar-refractivity contribution in [2.75, 3.05) is 0 Å². The highest BCUT2D eigenvalue weighted by Crippen LogP contribution is 2.37. The van der Waals surface area contributed by atoms with E-state index >= 15 is 0 Å². The number of rotatable bonds is 3. The van der Waals surface area contributed by atoms with Crippen LogP contribution in [0.2, 0.25) is 0 Å². The minimum Gasteiger partial charge on any atom is -0.309 e. The Labute approximate surface area is 230 Å². The molecule has 0 atom stereocenters. The van der Waals surface area contributed by atoms with Crippen molar-refractivity contribution in [2.45, 2.75) is 0 Å². The van der Waals surface area contributed by atoms with Crippen molar-refractivity contribution >= 4 is 49.3 Å². The lowest BCUT2D eigenvalue weighted by Crippen LogP contribution is -1.96. The number of para-hydroxylation sites is 3. The van der Waals surface area contributed by atoms with Crippen LogP contribution in [0.1, 0.15) is 0 Å². The van der Waals surface area contributed by atoms with Crippen molar-refractivity contribution < 1.29 is 0 Å². The van der Waals surface area contributed by atoms with Gasteiger partial charge >= 0.3 is 0 Å². The second-order valence-electron chi connectivity index (χ2n) is 9.98.